The highest BCUT2D eigenvalue weighted by atomic mass is 16.2. The molecule has 0 bridgehead atoms. The maximum Gasteiger partial charge on any atom is 0.329 e. The predicted octanol–water partition coefficient (Wildman–Crippen LogP) is 2.89. The average molecular weight is 423 g/mol. The molecule has 3 aromatic rings. The van der Waals surface area contributed by atoms with E-state index in [1.807, 2.05) is 29.2 Å². The van der Waals surface area contributed by atoms with Crippen LogP contribution in [0.15, 0.2) is 29.1 Å². The molecule has 0 radical (unpaired) electrons. The van der Waals surface area contributed by atoms with Gasteiger partial charge in [0.1, 0.15) is 12.4 Å². The minimum absolute atomic E-state index is 0.0185. The van der Waals surface area contributed by atoms with Crippen LogP contribution in [0.4, 0.5) is 0 Å². The molecule has 2 aliphatic rings. The maximum atomic E-state index is 13.4. The quantitative estimate of drug-likeness (QED) is 0.633. The molecule has 4 heterocycles. The van der Waals surface area contributed by atoms with E-state index in [1.54, 1.807) is 9.13 Å². The summed E-state index contributed by atoms with van der Waals surface area (Å²) in [5, 5.41) is 8.94. The van der Waals surface area contributed by atoms with Crippen molar-refractivity contribution in [1.29, 1.82) is 0 Å². The highest BCUT2D eigenvalue weighted by Crippen LogP contribution is 2.32. The van der Waals surface area contributed by atoms with Gasteiger partial charge in [-0.1, -0.05) is 25.5 Å². The number of rotatable bonds is 5. The van der Waals surface area contributed by atoms with Crippen LogP contribution in [0.1, 0.15) is 63.1 Å². The summed E-state index contributed by atoms with van der Waals surface area (Å²) in [6.07, 6.45) is 7.16. The Balaban J connectivity index is 1.44. The van der Waals surface area contributed by atoms with Crippen LogP contribution < -0.4 is 5.69 Å². The van der Waals surface area contributed by atoms with Gasteiger partial charge in [-0.25, -0.2) is 4.79 Å². The van der Waals surface area contributed by atoms with Crippen molar-refractivity contribution in [3.05, 3.63) is 46.4 Å². The van der Waals surface area contributed by atoms with E-state index in [0.29, 0.717) is 13.1 Å². The summed E-state index contributed by atoms with van der Waals surface area (Å²) in [4.78, 5) is 28.4. The molecular formula is C23H30N6O2. The second-order valence-electron chi connectivity index (χ2n) is 8.69. The number of para-hydroxylation sites is 2. The molecule has 5 rings (SSSR count). The summed E-state index contributed by atoms with van der Waals surface area (Å²) >= 11 is 0. The number of carbonyl (C=O) groups excluding carboxylic acids is 1. The molecule has 1 saturated heterocycles. The van der Waals surface area contributed by atoms with Gasteiger partial charge in [0.15, 0.2) is 5.82 Å². The van der Waals surface area contributed by atoms with E-state index in [1.165, 1.54) is 6.42 Å². The van der Waals surface area contributed by atoms with Crippen molar-refractivity contribution in [3.8, 4) is 0 Å². The van der Waals surface area contributed by atoms with E-state index in [-0.39, 0.29) is 24.2 Å². The zero-order chi connectivity index (χ0) is 21.4. The fourth-order valence-electron chi connectivity index (χ4n) is 5.18. The van der Waals surface area contributed by atoms with Crippen LogP contribution in [0.3, 0.4) is 0 Å². The lowest BCUT2D eigenvalue weighted by Gasteiger charge is -2.25. The number of hydrogen-bond donors (Lipinski definition) is 0. The number of amides is 1. The van der Waals surface area contributed by atoms with E-state index < -0.39 is 0 Å². The number of benzene rings is 1. The van der Waals surface area contributed by atoms with E-state index >= 15 is 0 Å². The van der Waals surface area contributed by atoms with Gasteiger partial charge in [-0.15, -0.1) is 10.2 Å². The topological polar surface area (TPSA) is 78.0 Å². The van der Waals surface area contributed by atoms with Gasteiger partial charge in [0.05, 0.1) is 17.1 Å². The van der Waals surface area contributed by atoms with Gasteiger partial charge in [-0.2, -0.15) is 0 Å². The zero-order valence-corrected chi connectivity index (χ0v) is 18.2. The number of nitrogens with zero attached hydrogens (tertiary/aromatic N) is 6. The minimum Gasteiger partial charge on any atom is -0.331 e. The SMILES string of the molecule is CCCn1c(=O)n(CC(=O)N2CCC[C@@H]2c2nnc3n2CCCCC3)c2ccccc21. The summed E-state index contributed by atoms with van der Waals surface area (Å²) in [5.41, 5.74) is 1.60. The van der Waals surface area contributed by atoms with Crippen LogP contribution in [0.5, 0.6) is 0 Å². The second kappa shape index (κ2) is 8.32. The highest BCUT2D eigenvalue weighted by Gasteiger charge is 2.34. The number of carbonyl (C=O) groups is 1. The fourth-order valence-corrected chi connectivity index (χ4v) is 5.18. The Morgan fingerprint density at radius 3 is 2.65 bits per heavy atom. The molecular weight excluding hydrogens is 392 g/mol. The Morgan fingerprint density at radius 2 is 1.84 bits per heavy atom. The van der Waals surface area contributed by atoms with Crippen LogP contribution in [0, 0.1) is 0 Å². The molecule has 0 unspecified atom stereocenters. The van der Waals surface area contributed by atoms with Crippen molar-refractivity contribution in [2.45, 2.75) is 77.5 Å². The minimum atomic E-state index is -0.108. The maximum absolute atomic E-state index is 13.4. The Bertz CT molecular complexity index is 1160. The first-order valence-electron chi connectivity index (χ1n) is 11.6. The first-order valence-corrected chi connectivity index (χ1v) is 11.6. The van der Waals surface area contributed by atoms with Gasteiger partial charge < -0.3 is 9.47 Å². The van der Waals surface area contributed by atoms with Crippen molar-refractivity contribution < 1.29 is 4.79 Å². The standard InChI is InChI=1S/C23H30N6O2/c1-2-13-27-17-9-5-6-10-18(17)29(23(27)31)16-21(30)26-15-8-11-19(26)22-25-24-20-12-4-3-7-14-28(20)22/h5-6,9-10,19H,2-4,7-8,11-16H2,1H3/t19-/m1/s1. The van der Waals surface area contributed by atoms with Crippen molar-refractivity contribution >= 4 is 16.9 Å². The molecule has 8 nitrogen and oxygen atoms in total. The Morgan fingerprint density at radius 1 is 1.03 bits per heavy atom. The van der Waals surface area contributed by atoms with Crippen LogP contribution in [0.25, 0.3) is 11.0 Å². The van der Waals surface area contributed by atoms with E-state index in [0.717, 1.165) is 67.8 Å². The zero-order valence-electron chi connectivity index (χ0n) is 18.2. The number of likely N-dealkylation sites (tertiary alicyclic amines) is 1. The molecule has 1 amide bonds. The number of aromatic nitrogens is 5. The lowest BCUT2D eigenvalue weighted by atomic mass is 10.2. The molecule has 2 aromatic heterocycles. The van der Waals surface area contributed by atoms with E-state index in [2.05, 4.69) is 21.7 Å². The van der Waals surface area contributed by atoms with Crippen LogP contribution >= 0.6 is 0 Å². The van der Waals surface area contributed by atoms with Crippen LogP contribution in [-0.4, -0.2) is 41.3 Å². The molecule has 0 saturated carbocycles. The van der Waals surface area contributed by atoms with Gasteiger partial charge in [-0.05, 0) is 44.2 Å². The predicted molar refractivity (Wildman–Crippen MR) is 118 cm³/mol. The summed E-state index contributed by atoms with van der Waals surface area (Å²) in [7, 11) is 0. The van der Waals surface area contributed by atoms with Gasteiger partial charge in [0.2, 0.25) is 5.91 Å². The highest BCUT2D eigenvalue weighted by molar-refractivity contribution is 5.81. The number of imidazole rings is 1. The third-order valence-electron chi connectivity index (χ3n) is 6.68. The molecule has 1 atom stereocenters. The largest absolute Gasteiger partial charge is 0.331 e. The average Bonchev–Trinajstić information content (AvgIpc) is 3.43. The first-order chi connectivity index (χ1) is 15.2. The van der Waals surface area contributed by atoms with E-state index in [4.69, 9.17) is 0 Å². The molecule has 0 spiro atoms. The van der Waals surface area contributed by atoms with Crippen molar-refractivity contribution in [3.63, 3.8) is 0 Å². The molecule has 31 heavy (non-hydrogen) atoms. The summed E-state index contributed by atoms with van der Waals surface area (Å²) in [6.45, 7) is 4.40. The van der Waals surface area contributed by atoms with E-state index in [9.17, 15) is 9.59 Å². The van der Waals surface area contributed by atoms with Gasteiger partial charge in [0.25, 0.3) is 0 Å². The van der Waals surface area contributed by atoms with Crippen LogP contribution in [-0.2, 0) is 30.8 Å². The molecule has 164 valence electrons. The third kappa shape index (κ3) is 3.47. The monoisotopic (exact) mass is 422 g/mol. The Kier molecular flexibility index (Phi) is 5.38. The summed E-state index contributed by atoms with van der Waals surface area (Å²) < 4.78 is 5.65. The smallest absolute Gasteiger partial charge is 0.329 e. The molecule has 8 heteroatoms. The van der Waals surface area contributed by atoms with Crippen LogP contribution in [0.2, 0.25) is 0 Å². The lowest BCUT2D eigenvalue weighted by Crippen LogP contribution is -2.37. The normalized spacial score (nSPS) is 19.0. The van der Waals surface area contributed by atoms with Gasteiger partial charge >= 0.3 is 5.69 Å². The lowest BCUT2D eigenvalue weighted by molar-refractivity contribution is -0.133. The Hall–Kier alpha value is -2.90. The molecule has 1 aromatic carbocycles. The summed E-state index contributed by atoms with van der Waals surface area (Å²) in [5.74, 6) is 1.95. The number of fused-ring (bicyclic) bond motifs is 2. The molecule has 0 aliphatic carbocycles. The number of hydrogen-bond acceptors (Lipinski definition) is 4. The van der Waals surface area contributed by atoms with Gasteiger partial charge in [-0.3, -0.25) is 13.9 Å². The molecule has 0 N–H and O–H groups in total. The molecule has 1 fully saturated rings. The molecule has 2 aliphatic heterocycles. The fraction of sp³-hybridized carbons (Fsp3) is 0.565. The van der Waals surface area contributed by atoms with Crippen molar-refractivity contribution in [1.82, 2.24) is 28.8 Å². The van der Waals surface area contributed by atoms with Gasteiger partial charge in [0, 0.05) is 26.1 Å². The van der Waals surface area contributed by atoms with Crippen molar-refractivity contribution in [2.24, 2.45) is 0 Å². The van der Waals surface area contributed by atoms with Crippen molar-refractivity contribution in [2.75, 3.05) is 6.54 Å². The third-order valence-corrected chi connectivity index (χ3v) is 6.68. The summed E-state index contributed by atoms with van der Waals surface area (Å²) in [6, 6.07) is 7.69. The second-order valence-corrected chi connectivity index (χ2v) is 8.69. The first kappa shape index (κ1) is 20.0. The Labute approximate surface area is 181 Å². The number of aryl methyl sites for hydroxylation is 2.